The summed E-state index contributed by atoms with van der Waals surface area (Å²) in [5.74, 6) is 0.0650. The van der Waals surface area contributed by atoms with E-state index in [4.69, 9.17) is 5.73 Å². The van der Waals surface area contributed by atoms with Crippen LogP contribution in [-0.2, 0) is 4.79 Å². The lowest BCUT2D eigenvalue weighted by atomic mass is 9.90. The highest BCUT2D eigenvalue weighted by Crippen LogP contribution is 2.29. The molecular formula is C22H27ClN2O2. The van der Waals surface area contributed by atoms with Crippen molar-refractivity contribution in [1.82, 2.24) is 4.90 Å². The van der Waals surface area contributed by atoms with Gasteiger partial charge in [0, 0.05) is 31.5 Å². The summed E-state index contributed by atoms with van der Waals surface area (Å²) in [7, 11) is 0. The van der Waals surface area contributed by atoms with Crippen LogP contribution >= 0.6 is 12.4 Å². The Hall–Kier alpha value is -2.17. The molecule has 1 aliphatic heterocycles. The second-order valence-corrected chi connectivity index (χ2v) is 7.45. The summed E-state index contributed by atoms with van der Waals surface area (Å²) < 4.78 is 0. The maximum atomic E-state index is 12.4. The van der Waals surface area contributed by atoms with E-state index in [1.54, 1.807) is 0 Å². The van der Waals surface area contributed by atoms with Crippen molar-refractivity contribution < 1.29 is 9.59 Å². The molecular weight excluding hydrogens is 360 g/mol. The minimum atomic E-state index is 0. The van der Waals surface area contributed by atoms with Crippen LogP contribution in [0.15, 0.2) is 54.6 Å². The molecule has 1 aliphatic rings. The molecule has 0 saturated carbocycles. The monoisotopic (exact) mass is 386 g/mol. The minimum absolute atomic E-state index is 0. The Morgan fingerprint density at radius 2 is 1.63 bits per heavy atom. The summed E-state index contributed by atoms with van der Waals surface area (Å²) in [5.41, 5.74) is 8.67. The molecule has 0 bridgehead atoms. The van der Waals surface area contributed by atoms with Gasteiger partial charge in [-0.05, 0) is 29.5 Å². The number of likely N-dealkylation sites (tertiary alicyclic amines) is 1. The van der Waals surface area contributed by atoms with Gasteiger partial charge in [-0.2, -0.15) is 0 Å². The van der Waals surface area contributed by atoms with Gasteiger partial charge in [-0.3, -0.25) is 9.59 Å². The Labute approximate surface area is 167 Å². The Bertz CT molecular complexity index is 777. The molecule has 1 heterocycles. The molecule has 1 amide bonds. The molecule has 2 N–H and O–H groups in total. The summed E-state index contributed by atoms with van der Waals surface area (Å²) in [6.07, 6.45) is 1.45. The minimum Gasteiger partial charge on any atom is -0.342 e. The molecule has 2 aromatic rings. The van der Waals surface area contributed by atoms with E-state index in [0.29, 0.717) is 18.7 Å². The number of halogens is 1. The fourth-order valence-electron chi connectivity index (χ4n) is 3.41. The molecule has 3 rings (SSSR count). The number of Topliss-reactive ketones (excluding diaryl/α,β-unsaturated/α-hetero) is 1. The average Bonchev–Trinajstić information content (AvgIpc) is 3.10. The standard InChI is InChI=1S/C22H26N2O2.ClH/c1-22(15-23)13-14-24(16-22)21(26)12-11-20(25)19-9-7-18(8-10-19)17-5-3-2-4-6-17;/h2-10H,11-16,23H2,1H3;1H. The summed E-state index contributed by atoms with van der Waals surface area (Å²) >= 11 is 0. The van der Waals surface area contributed by atoms with Crippen LogP contribution in [0, 0.1) is 5.41 Å². The van der Waals surface area contributed by atoms with E-state index in [-0.39, 0.29) is 42.4 Å². The first kappa shape index (κ1) is 21.1. The zero-order valence-corrected chi connectivity index (χ0v) is 16.5. The second-order valence-electron chi connectivity index (χ2n) is 7.45. The van der Waals surface area contributed by atoms with E-state index in [2.05, 4.69) is 6.92 Å². The number of carbonyl (C=O) groups is 2. The molecule has 1 fully saturated rings. The van der Waals surface area contributed by atoms with Gasteiger partial charge in [-0.15, -0.1) is 12.4 Å². The third-order valence-electron chi connectivity index (χ3n) is 5.28. The predicted octanol–water partition coefficient (Wildman–Crippen LogP) is 3.94. The van der Waals surface area contributed by atoms with E-state index in [1.807, 2.05) is 59.5 Å². The van der Waals surface area contributed by atoms with Crippen molar-refractivity contribution in [3.05, 3.63) is 60.2 Å². The molecule has 0 radical (unpaired) electrons. The van der Waals surface area contributed by atoms with Crippen molar-refractivity contribution in [2.45, 2.75) is 26.2 Å². The van der Waals surface area contributed by atoms with Crippen LogP contribution in [0.2, 0.25) is 0 Å². The Morgan fingerprint density at radius 3 is 2.22 bits per heavy atom. The summed E-state index contributed by atoms with van der Waals surface area (Å²) in [5, 5.41) is 0. The third kappa shape index (κ3) is 5.18. The highest BCUT2D eigenvalue weighted by atomic mass is 35.5. The highest BCUT2D eigenvalue weighted by molar-refractivity contribution is 5.98. The Morgan fingerprint density at radius 1 is 1.00 bits per heavy atom. The van der Waals surface area contributed by atoms with Crippen molar-refractivity contribution in [2.75, 3.05) is 19.6 Å². The molecule has 144 valence electrons. The molecule has 4 nitrogen and oxygen atoms in total. The smallest absolute Gasteiger partial charge is 0.223 e. The lowest BCUT2D eigenvalue weighted by Crippen LogP contribution is -2.34. The SMILES string of the molecule is CC1(CN)CCN(C(=O)CCC(=O)c2ccc(-c3ccccc3)cc2)C1.Cl. The molecule has 27 heavy (non-hydrogen) atoms. The zero-order valence-electron chi connectivity index (χ0n) is 15.7. The lowest BCUT2D eigenvalue weighted by molar-refractivity contribution is -0.130. The van der Waals surface area contributed by atoms with Crippen LogP contribution < -0.4 is 5.73 Å². The Kier molecular flexibility index (Phi) is 7.17. The van der Waals surface area contributed by atoms with E-state index in [1.165, 1.54) is 0 Å². The second kappa shape index (κ2) is 9.16. The van der Waals surface area contributed by atoms with E-state index in [9.17, 15) is 9.59 Å². The maximum Gasteiger partial charge on any atom is 0.223 e. The first-order valence-corrected chi connectivity index (χ1v) is 9.17. The molecule has 0 spiro atoms. The third-order valence-corrected chi connectivity index (χ3v) is 5.28. The number of carbonyl (C=O) groups excluding carboxylic acids is 2. The van der Waals surface area contributed by atoms with Gasteiger partial charge in [0.2, 0.25) is 5.91 Å². The van der Waals surface area contributed by atoms with Gasteiger partial charge in [0.05, 0.1) is 0 Å². The number of hydrogen-bond acceptors (Lipinski definition) is 3. The van der Waals surface area contributed by atoms with Crippen molar-refractivity contribution in [2.24, 2.45) is 11.1 Å². The predicted molar refractivity (Wildman–Crippen MR) is 111 cm³/mol. The van der Waals surface area contributed by atoms with Crippen molar-refractivity contribution >= 4 is 24.1 Å². The van der Waals surface area contributed by atoms with Crippen molar-refractivity contribution in [1.29, 1.82) is 0 Å². The number of rotatable bonds is 6. The molecule has 5 heteroatoms. The lowest BCUT2D eigenvalue weighted by Gasteiger charge is -2.22. The molecule has 1 saturated heterocycles. The fraction of sp³-hybridized carbons (Fsp3) is 0.364. The summed E-state index contributed by atoms with van der Waals surface area (Å²) in [6, 6.07) is 17.7. The van der Waals surface area contributed by atoms with Crippen LogP contribution in [0.5, 0.6) is 0 Å². The fourth-order valence-corrected chi connectivity index (χ4v) is 3.41. The van der Waals surface area contributed by atoms with Crippen LogP contribution in [0.4, 0.5) is 0 Å². The quantitative estimate of drug-likeness (QED) is 0.765. The maximum absolute atomic E-state index is 12.4. The number of ketones is 1. The van der Waals surface area contributed by atoms with Gasteiger partial charge in [0.25, 0.3) is 0 Å². The van der Waals surface area contributed by atoms with Gasteiger partial charge in [0.1, 0.15) is 0 Å². The van der Waals surface area contributed by atoms with Gasteiger partial charge < -0.3 is 10.6 Å². The summed E-state index contributed by atoms with van der Waals surface area (Å²) in [6.45, 7) is 4.14. The van der Waals surface area contributed by atoms with Gasteiger partial charge in [-0.1, -0.05) is 61.5 Å². The zero-order chi connectivity index (χ0) is 18.6. The Balaban J connectivity index is 0.00000261. The topological polar surface area (TPSA) is 63.4 Å². The van der Waals surface area contributed by atoms with Crippen molar-refractivity contribution in [3.63, 3.8) is 0 Å². The largest absolute Gasteiger partial charge is 0.342 e. The first-order valence-electron chi connectivity index (χ1n) is 9.17. The number of amides is 1. The van der Waals surface area contributed by atoms with Crippen LogP contribution in [0.25, 0.3) is 11.1 Å². The van der Waals surface area contributed by atoms with E-state index in [0.717, 1.165) is 24.1 Å². The molecule has 0 aliphatic carbocycles. The van der Waals surface area contributed by atoms with Crippen LogP contribution in [-0.4, -0.2) is 36.2 Å². The molecule has 2 aromatic carbocycles. The van der Waals surface area contributed by atoms with Crippen molar-refractivity contribution in [3.8, 4) is 11.1 Å². The van der Waals surface area contributed by atoms with Crippen LogP contribution in [0.3, 0.4) is 0 Å². The van der Waals surface area contributed by atoms with Gasteiger partial charge in [0.15, 0.2) is 5.78 Å². The number of nitrogens with two attached hydrogens (primary N) is 1. The van der Waals surface area contributed by atoms with Gasteiger partial charge >= 0.3 is 0 Å². The van der Waals surface area contributed by atoms with Crippen LogP contribution in [0.1, 0.15) is 36.5 Å². The highest BCUT2D eigenvalue weighted by Gasteiger charge is 2.34. The van der Waals surface area contributed by atoms with E-state index >= 15 is 0 Å². The number of nitrogens with zero attached hydrogens (tertiary/aromatic N) is 1. The first-order chi connectivity index (χ1) is 12.5. The summed E-state index contributed by atoms with van der Waals surface area (Å²) in [4.78, 5) is 26.6. The normalized spacial score (nSPS) is 18.8. The van der Waals surface area contributed by atoms with Gasteiger partial charge in [-0.25, -0.2) is 0 Å². The molecule has 1 atom stereocenters. The average molecular weight is 387 g/mol. The van der Waals surface area contributed by atoms with E-state index < -0.39 is 0 Å². The molecule has 1 unspecified atom stereocenters. The number of benzene rings is 2. The number of hydrogen-bond donors (Lipinski definition) is 1. The molecule has 0 aromatic heterocycles.